The molecule has 0 spiro atoms. The van der Waals surface area contributed by atoms with Gasteiger partial charge in [0.25, 0.3) is 5.91 Å². The highest BCUT2D eigenvalue weighted by Crippen LogP contribution is 2.40. The van der Waals surface area contributed by atoms with E-state index in [1.54, 1.807) is 11.5 Å². The molecule has 0 bridgehead atoms. The molecule has 3 heterocycles. The van der Waals surface area contributed by atoms with E-state index in [0.717, 1.165) is 35.0 Å². The topological polar surface area (TPSA) is 101 Å². The highest BCUT2D eigenvalue weighted by atomic mass is 16.4. The van der Waals surface area contributed by atoms with Gasteiger partial charge in [0.2, 0.25) is 0 Å². The van der Waals surface area contributed by atoms with Gasteiger partial charge in [0, 0.05) is 17.0 Å². The van der Waals surface area contributed by atoms with Gasteiger partial charge in [0.15, 0.2) is 5.82 Å². The number of hydrogen-bond acceptors (Lipinski definition) is 5. The molecule has 1 aliphatic carbocycles. The molecular weight excluding hydrogens is 370 g/mol. The first kappa shape index (κ1) is 17.8. The third kappa shape index (κ3) is 2.95. The van der Waals surface area contributed by atoms with Crippen molar-refractivity contribution >= 4 is 22.8 Å². The summed E-state index contributed by atoms with van der Waals surface area (Å²) in [6.45, 7) is 4.01. The van der Waals surface area contributed by atoms with Crippen molar-refractivity contribution in [3.8, 4) is 0 Å². The molecule has 0 radical (unpaired) electrons. The zero-order valence-electron chi connectivity index (χ0n) is 16.3. The number of benzene rings is 1. The molecule has 5 rings (SSSR count). The van der Waals surface area contributed by atoms with E-state index in [9.17, 15) is 14.7 Å². The molecule has 2 aromatic heterocycles. The molecule has 1 unspecified atom stereocenters. The van der Waals surface area contributed by atoms with E-state index in [1.165, 1.54) is 4.90 Å². The van der Waals surface area contributed by atoms with Crippen molar-refractivity contribution in [2.75, 3.05) is 0 Å². The minimum atomic E-state index is -1.03. The van der Waals surface area contributed by atoms with E-state index in [2.05, 4.69) is 10.2 Å². The molecule has 148 valence electrons. The molecule has 1 fully saturated rings. The predicted octanol–water partition coefficient (Wildman–Crippen LogP) is 2.43. The van der Waals surface area contributed by atoms with Crippen LogP contribution in [0.3, 0.4) is 0 Å². The second kappa shape index (κ2) is 6.37. The van der Waals surface area contributed by atoms with Crippen LogP contribution in [0.1, 0.15) is 52.0 Å². The van der Waals surface area contributed by atoms with Gasteiger partial charge in [-0.3, -0.25) is 9.78 Å². The van der Waals surface area contributed by atoms with E-state index in [1.807, 2.05) is 31.2 Å². The number of hydrogen-bond donors (Lipinski definition) is 1. The zero-order valence-corrected chi connectivity index (χ0v) is 16.3. The molecule has 2 aliphatic rings. The van der Waals surface area contributed by atoms with Crippen LogP contribution in [0.15, 0.2) is 24.3 Å². The Bertz CT molecular complexity index is 1160. The van der Waals surface area contributed by atoms with E-state index >= 15 is 0 Å². The number of carboxylic acids is 1. The molecule has 1 aliphatic heterocycles. The monoisotopic (exact) mass is 391 g/mol. The second-order valence-corrected chi connectivity index (χ2v) is 7.95. The molecule has 1 atom stereocenters. The molecule has 1 amide bonds. The highest BCUT2D eigenvalue weighted by Gasteiger charge is 2.38. The summed E-state index contributed by atoms with van der Waals surface area (Å²) >= 11 is 0. The second-order valence-electron chi connectivity index (χ2n) is 7.95. The van der Waals surface area contributed by atoms with Crippen LogP contribution in [0.25, 0.3) is 10.9 Å². The average molecular weight is 391 g/mol. The molecule has 0 saturated heterocycles. The average Bonchev–Trinajstić information content (AvgIpc) is 3.49. The normalized spacial score (nSPS) is 18.7. The number of aryl methyl sites for hydroxylation is 2. The number of amides is 1. The fourth-order valence-corrected chi connectivity index (χ4v) is 4.02. The smallest absolute Gasteiger partial charge is 0.328 e. The van der Waals surface area contributed by atoms with Crippen molar-refractivity contribution < 1.29 is 14.7 Å². The van der Waals surface area contributed by atoms with Crippen LogP contribution in [0.5, 0.6) is 0 Å². The van der Waals surface area contributed by atoms with Crippen LogP contribution in [0.2, 0.25) is 0 Å². The number of pyridine rings is 1. The van der Waals surface area contributed by atoms with Gasteiger partial charge in [-0.2, -0.15) is 0 Å². The Morgan fingerprint density at radius 2 is 1.93 bits per heavy atom. The lowest BCUT2D eigenvalue weighted by atomic mass is 10.0. The Morgan fingerprint density at radius 1 is 1.14 bits per heavy atom. The van der Waals surface area contributed by atoms with Crippen LogP contribution < -0.4 is 0 Å². The van der Waals surface area contributed by atoms with Gasteiger partial charge in [0.05, 0.1) is 24.2 Å². The Hall–Kier alpha value is -3.29. The van der Waals surface area contributed by atoms with E-state index in [-0.39, 0.29) is 19.0 Å². The fourth-order valence-electron chi connectivity index (χ4n) is 4.02. The third-order valence-electron chi connectivity index (χ3n) is 5.81. The number of carbonyl (C=O) groups is 2. The van der Waals surface area contributed by atoms with E-state index in [4.69, 9.17) is 4.98 Å². The Balaban J connectivity index is 1.63. The SMILES string of the molecule is Cc1ccc2nc(C3CC3)cc(C(=O)N3Cc4nnc(C)n4CC3C(=O)O)c2c1. The van der Waals surface area contributed by atoms with Crippen LogP contribution >= 0.6 is 0 Å². The van der Waals surface area contributed by atoms with Gasteiger partial charge in [0.1, 0.15) is 11.9 Å². The number of aliphatic carboxylic acids is 1. The number of aromatic nitrogens is 4. The van der Waals surface area contributed by atoms with Crippen molar-refractivity contribution in [1.29, 1.82) is 0 Å². The van der Waals surface area contributed by atoms with Gasteiger partial charge in [-0.25, -0.2) is 4.79 Å². The van der Waals surface area contributed by atoms with Crippen molar-refractivity contribution in [3.63, 3.8) is 0 Å². The van der Waals surface area contributed by atoms with Crippen LogP contribution in [-0.2, 0) is 17.9 Å². The largest absolute Gasteiger partial charge is 0.480 e. The highest BCUT2D eigenvalue weighted by molar-refractivity contribution is 6.07. The van der Waals surface area contributed by atoms with Crippen molar-refractivity contribution in [2.24, 2.45) is 0 Å². The summed E-state index contributed by atoms with van der Waals surface area (Å²) in [5.41, 5.74) is 3.21. The summed E-state index contributed by atoms with van der Waals surface area (Å²) in [4.78, 5) is 31.8. The lowest BCUT2D eigenvalue weighted by Crippen LogP contribution is -2.50. The Morgan fingerprint density at radius 3 is 2.66 bits per heavy atom. The number of carboxylic acid groups (broad SMARTS) is 1. The van der Waals surface area contributed by atoms with Crippen molar-refractivity contribution in [1.82, 2.24) is 24.6 Å². The van der Waals surface area contributed by atoms with Gasteiger partial charge in [-0.1, -0.05) is 11.6 Å². The third-order valence-corrected chi connectivity index (χ3v) is 5.81. The van der Waals surface area contributed by atoms with Gasteiger partial charge < -0.3 is 14.6 Å². The minimum Gasteiger partial charge on any atom is -0.480 e. The van der Waals surface area contributed by atoms with E-state index < -0.39 is 12.0 Å². The molecule has 1 N–H and O–H groups in total. The maximum absolute atomic E-state index is 13.6. The first-order chi connectivity index (χ1) is 13.9. The number of rotatable bonds is 3. The first-order valence-corrected chi connectivity index (χ1v) is 9.76. The summed E-state index contributed by atoms with van der Waals surface area (Å²) < 4.78 is 1.77. The maximum Gasteiger partial charge on any atom is 0.328 e. The summed E-state index contributed by atoms with van der Waals surface area (Å²) in [5, 5.41) is 18.7. The first-order valence-electron chi connectivity index (χ1n) is 9.76. The van der Waals surface area contributed by atoms with Gasteiger partial charge in [-0.05, 0) is 44.9 Å². The lowest BCUT2D eigenvalue weighted by Gasteiger charge is -2.33. The summed E-state index contributed by atoms with van der Waals surface area (Å²) in [6.07, 6.45) is 2.14. The molecule has 1 saturated carbocycles. The van der Waals surface area contributed by atoms with Gasteiger partial charge in [-0.15, -0.1) is 10.2 Å². The molecule has 8 heteroatoms. The lowest BCUT2D eigenvalue weighted by molar-refractivity contribution is -0.143. The summed E-state index contributed by atoms with van der Waals surface area (Å²) in [7, 11) is 0. The van der Waals surface area contributed by atoms with Crippen LogP contribution in [0, 0.1) is 13.8 Å². The maximum atomic E-state index is 13.6. The summed E-state index contributed by atoms with van der Waals surface area (Å²) in [6, 6.07) is 6.73. The molecule has 8 nitrogen and oxygen atoms in total. The standard InChI is InChI=1S/C21H21N5O3/c1-11-3-6-16-14(7-11)15(8-17(22-16)13-4-5-13)20(27)26-10-19-24-23-12(2)25(19)9-18(26)21(28)29/h3,6-8,13,18H,4-5,9-10H2,1-2H3,(H,28,29). The summed E-state index contributed by atoms with van der Waals surface area (Å²) in [5.74, 6) is 0.303. The minimum absolute atomic E-state index is 0.116. The van der Waals surface area contributed by atoms with Crippen LogP contribution in [-0.4, -0.2) is 47.7 Å². The van der Waals surface area contributed by atoms with E-state index in [0.29, 0.717) is 23.1 Å². The Kier molecular flexibility index (Phi) is 3.90. The predicted molar refractivity (Wildman–Crippen MR) is 105 cm³/mol. The number of fused-ring (bicyclic) bond motifs is 2. The molecular formula is C21H21N5O3. The Labute approximate surface area is 167 Å². The molecule has 1 aromatic carbocycles. The van der Waals surface area contributed by atoms with Crippen LogP contribution in [0.4, 0.5) is 0 Å². The molecule has 3 aromatic rings. The van der Waals surface area contributed by atoms with Crippen molar-refractivity contribution in [2.45, 2.75) is 51.7 Å². The van der Waals surface area contributed by atoms with Gasteiger partial charge >= 0.3 is 5.97 Å². The zero-order chi connectivity index (χ0) is 20.3. The van der Waals surface area contributed by atoms with Crippen molar-refractivity contribution in [3.05, 3.63) is 52.7 Å². The molecule has 29 heavy (non-hydrogen) atoms. The fraction of sp³-hybridized carbons (Fsp3) is 0.381. The quantitative estimate of drug-likeness (QED) is 0.736. The number of carbonyl (C=O) groups excluding carboxylic acids is 1. The number of nitrogens with zero attached hydrogens (tertiary/aromatic N) is 5.